The second kappa shape index (κ2) is 7.39. The van der Waals surface area contributed by atoms with Crippen molar-refractivity contribution in [1.29, 1.82) is 0 Å². The zero-order chi connectivity index (χ0) is 13.7. The van der Waals surface area contributed by atoms with Gasteiger partial charge in [-0.25, -0.2) is 0 Å². The fraction of sp³-hybridized carbons (Fsp3) is 0.733. The van der Waals surface area contributed by atoms with Crippen molar-refractivity contribution < 1.29 is 9.47 Å². The monoisotopic (exact) mass is 283 g/mol. The van der Waals surface area contributed by atoms with Gasteiger partial charge < -0.3 is 15.2 Å². The molecular formula is C15H25NO2S. The standard InChI is InChI=1S/C15H25NO2S/c1-3-13(16)15(14-8-7-11(2)19-14)18-10-12-6-4-5-9-17-12/h7-8,12-13,15H,3-6,9-10,16H2,1-2H3. The fourth-order valence-corrected chi connectivity index (χ4v) is 3.39. The molecule has 1 saturated heterocycles. The Balaban J connectivity index is 1.93. The maximum atomic E-state index is 6.21. The van der Waals surface area contributed by atoms with Crippen molar-refractivity contribution in [3.63, 3.8) is 0 Å². The topological polar surface area (TPSA) is 44.5 Å². The van der Waals surface area contributed by atoms with Crippen molar-refractivity contribution in [3.05, 3.63) is 21.9 Å². The molecule has 1 aromatic heterocycles. The van der Waals surface area contributed by atoms with Crippen LogP contribution in [0.2, 0.25) is 0 Å². The van der Waals surface area contributed by atoms with Gasteiger partial charge in [0.1, 0.15) is 6.10 Å². The van der Waals surface area contributed by atoms with Gasteiger partial charge in [-0.2, -0.15) is 0 Å². The largest absolute Gasteiger partial charge is 0.376 e. The Bertz CT molecular complexity index is 374. The fourth-order valence-electron chi connectivity index (χ4n) is 2.39. The third-order valence-electron chi connectivity index (χ3n) is 3.64. The number of hydrogen-bond donors (Lipinski definition) is 1. The third kappa shape index (κ3) is 4.28. The van der Waals surface area contributed by atoms with E-state index >= 15 is 0 Å². The van der Waals surface area contributed by atoms with Gasteiger partial charge in [-0.15, -0.1) is 11.3 Å². The van der Waals surface area contributed by atoms with E-state index in [1.165, 1.54) is 22.6 Å². The normalized spacial score (nSPS) is 23.2. The van der Waals surface area contributed by atoms with Gasteiger partial charge >= 0.3 is 0 Å². The highest BCUT2D eigenvalue weighted by molar-refractivity contribution is 7.12. The molecule has 0 spiro atoms. The number of rotatable bonds is 6. The Morgan fingerprint density at radius 3 is 2.89 bits per heavy atom. The molecule has 19 heavy (non-hydrogen) atoms. The molecular weight excluding hydrogens is 258 g/mol. The second-order valence-corrected chi connectivity index (χ2v) is 6.58. The zero-order valence-electron chi connectivity index (χ0n) is 11.9. The summed E-state index contributed by atoms with van der Waals surface area (Å²) in [4.78, 5) is 2.54. The second-order valence-electron chi connectivity index (χ2n) is 5.26. The van der Waals surface area contributed by atoms with E-state index in [9.17, 15) is 0 Å². The van der Waals surface area contributed by atoms with Gasteiger partial charge in [-0.3, -0.25) is 0 Å². The molecule has 1 aliphatic rings. The lowest BCUT2D eigenvalue weighted by molar-refractivity contribution is -0.0686. The minimum absolute atomic E-state index is 0.00854. The van der Waals surface area contributed by atoms with E-state index in [2.05, 4.69) is 26.0 Å². The summed E-state index contributed by atoms with van der Waals surface area (Å²) < 4.78 is 11.8. The van der Waals surface area contributed by atoms with E-state index in [0.29, 0.717) is 6.61 Å². The van der Waals surface area contributed by atoms with Crippen LogP contribution in [0.15, 0.2) is 12.1 Å². The van der Waals surface area contributed by atoms with Crippen LogP contribution >= 0.6 is 11.3 Å². The third-order valence-corrected chi connectivity index (χ3v) is 4.70. The van der Waals surface area contributed by atoms with Crippen molar-refractivity contribution in [1.82, 2.24) is 0 Å². The minimum atomic E-state index is 0.00854. The van der Waals surface area contributed by atoms with Crippen molar-refractivity contribution in [2.45, 2.75) is 57.8 Å². The Kier molecular flexibility index (Phi) is 5.82. The number of ether oxygens (including phenoxy) is 2. The van der Waals surface area contributed by atoms with Crippen LogP contribution in [0.1, 0.15) is 48.5 Å². The highest BCUT2D eigenvalue weighted by Gasteiger charge is 2.23. The van der Waals surface area contributed by atoms with E-state index in [1.54, 1.807) is 11.3 Å². The lowest BCUT2D eigenvalue weighted by Gasteiger charge is -2.27. The van der Waals surface area contributed by atoms with Crippen LogP contribution in [0, 0.1) is 6.92 Å². The molecule has 0 saturated carbocycles. The van der Waals surface area contributed by atoms with Crippen LogP contribution in [0.4, 0.5) is 0 Å². The molecule has 108 valence electrons. The molecule has 1 aromatic rings. The van der Waals surface area contributed by atoms with Crippen LogP contribution in [0.5, 0.6) is 0 Å². The van der Waals surface area contributed by atoms with Crippen molar-refractivity contribution in [2.24, 2.45) is 5.73 Å². The van der Waals surface area contributed by atoms with Crippen LogP contribution in [0.3, 0.4) is 0 Å². The van der Waals surface area contributed by atoms with Gasteiger partial charge in [0, 0.05) is 22.4 Å². The predicted octanol–water partition coefficient (Wildman–Crippen LogP) is 3.42. The van der Waals surface area contributed by atoms with Crippen molar-refractivity contribution in [2.75, 3.05) is 13.2 Å². The van der Waals surface area contributed by atoms with Gasteiger partial charge in [-0.05, 0) is 44.7 Å². The molecule has 1 aliphatic heterocycles. The lowest BCUT2D eigenvalue weighted by Crippen LogP contribution is -2.32. The van der Waals surface area contributed by atoms with E-state index < -0.39 is 0 Å². The Hall–Kier alpha value is -0.420. The predicted molar refractivity (Wildman–Crippen MR) is 79.6 cm³/mol. The van der Waals surface area contributed by atoms with Gasteiger partial charge in [0.15, 0.2) is 0 Å². The smallest absolute Gasteiger partial charge is 0.107 e. The summed E-state index contributed by atoms with van der Waals surface area (Å²) in [7, 11) is 0. The van der Waals surface area contributed by atoms with E-state index in [-0.39, 0.29) is 18.2 Å². The quantitative estimate of drug-likeness (QED) is 0.870. The first-order valence-electron chi connectivity index (χ1n) is 7.25. The van der Waals surface area contributed by atoms with Crippen LogP contribution in [-0.2, 0) is 9.47 Å². The highest BCUT2D eigenvalue weighted by Crippen LogP contribution is 2.29. The van der Waals surface area contributed by atoms with Crippen LogP contribution < -0.4 is 5.73 Å². The maximum absolute atomic E-state index is 6.21. The molecule has 3 unspecified atom stereocenters. The zero-order valence-corrected chi connectivity index (χ0v) is 12.7. The molecule has 0 amide bonds. The average Bonchev–Trinajstić information content (AvgIpc) is 2.86. The van der Waals surface area contributed by atoms with E-state index in [4.69, 9.17) is 15.2 Å². The van der Waals surface area contributed by atoms with E-state index in [0.717, 1.165) is 19.4 Å². The SMILES string of the molecule is CCC(N)C(OCC1CCCCO1)c1ccc(C)s1. The summed E-state index contributed by atoms with van der Waals surface area (Å²) in [5.41, 5.74) is 6.21. The molecule has 4 heteroatoms. The molecule has 3 atom stereocenters. The summed E-state index contributed by atoms with van der Waals surface area (Å²) >= 11 is 1.78. The Labute approximate surface area is 120 Å². The van der Waals surface area contributed by atoms with E-state index in [1.807, 2.05) is 0 Å². The van der Waals surface area contributed by atoms with Crippen LogP contribution in [-0.4, -0.2) is 25.4 Å². The maximum Gasteiger partial charge on any atom is 0.107 e. The van der Waals surface area contributed by atoms with Gasteiger partial charge in [0.2, 0.25) is 0 Å². The molecule has 2 heterocycles. The van der Waals surface area contributed by atoms with Gasteiger partial charge in [0.25, 0.3) is 0 Å². The molecule has 2 rings (SSSR count). The summed E-state index contributed by atoms with van der Waals surface area (Å²) in [6.07, 6.45) is 4.72. The van der Waals surface area contributed by atoms with Gasteiger partial charge in [-0.1, -0.05) is 6.92 Å². The summed E-state index contributed by atoms with van der Waals surface area (Å²) in [5.74, 6) is 0. The lowest BCUT2D eigenvalue weighted by atomic mass is 10.1. The average molecular weight is 283 g/mol. The minimum Gasteiger partial charge on any atom is -0.376 e. The summed E-state index contributed by atoms with van der Waals surface area (Å²) in [5, 5.41) is 0. The summed E-state index contributed by atoms with van der Waals surface area (Å²) in [6.45, 7) is 5.76. The number of aryl methyl sites for hydroxylation is 1. The first kappa shape index (κ1) is 15.0. The molecule has 2 N–H and O–H groups in total. The molecule has 0 aliphatic carbocycles. The van der Waals surface area contributed by atoms with Crippen molar-refractivity contribution >= 4 is 11.3 Å². The molecule has 1 fully saturated rings. The molecule has 0 radical (unpaired) electrons. The molecule has 0 bridgehead atoms. The molecule has 0 aromatic carbocycles. The first-order chi connectivity index (χ1) is 9.20. The summed E-state index contributed by atoms with van der Waals surface area (Å²) in [6, 6.07) is 4.33. The first-order valence-corrected chi connectivity index (χ1v) is 8.07. The number of hydrogen-bond acceptors (Lipinski definition) is 4. The Morgan fingerprint density at radius 2 is 2.32 bits per heavy atom. The van der Waals surface area contributed by atoms with Crippen molar-refractivity contribution in [3.8, 4) is 0 Å². The number of thiophene rings is 1. The number of nitrogens with two attached hydrogens (primary N) is 1. The highest BCUT2D eigenvalue weighted by atomic mass is 32.1. The van der Waals surface area contributed by atoms with Crippen LogP contribution in [0.25, 0.3) is 0 Å². The Morgan fingerprint density at radius 1 is 1.47 bits per heavy atom. The van der Waals surface area contributed by atoms with Gasteiger partial charge in [0.05, 0.1) is 12.7 Å². The molecule has 3 nitrogen and oxygen atoms in total.